The SMILES string of the molecule is Cc1ccc(CS(=O)(=O)NCCCc2cccnc2)cc1. The third-order valence-corrected chi connectivity index (χ3v) is 4.52. The number of nitrogens with zero attached hydrogens (tertiary/aromatic N) is 1. The zero-order valence-electron chi connectivity index (χ0n) is 12.1. The highest BCUT2D eigenvalue weighted by Crippen LogP contribution is 2.07. The van der Waals surface area contributed by atoms with Gasteiger partial charge in [0.2, 0.25) is 10.0 Å². The number of nitrogens with one attached hydrogen (secondary N) is 1. The van der Waals surface area contributed by atoms with E-state index in [1.807, 2.05) is 43.3 Å². The number of aromatic nitrogens is 1. The first-order valence-corrected chi connectivity index (χ1v) is 8.62. The van der Waals surface area contributed by atoms with Crippen molar-refractivity contribution in [1.29, 1.82) is 0 Å². The van der Waals surface area contributed by atoms with Gasteiger partial charge >= 0.3 is 0 Å². The summed E-state index contributed by atoms with van der Waals surface area (Å²) in [6.45, 7) is 2.43. The number of rotatable bonds is 7. The van der Waals surface area contributed by atoms with Gasteiger partial charge in [-0.3, -0.25) is 4.98 Å². The molecule has 0 aliphatic rings. The van der Waals surface area contributed by atoms with E-state index in [1.165, 1.54) is 0 Å². The fourth-order valence-corrected chi connectivity index (χ4v) is 3.21. The molecule has 2 rings (SSSR count). The van der Waals surface area contributed by atoms with Crippen molar-refractivity contribution < 1.29 is 8.42 Å². The smallest absolute Gasteiger partial charge is 0.215 e. The van der Waals surface area contributed by atoms with Gasteiger partial charge in [0, 0.05) is 18.9 Å². The van der Waals surface area contributed by atoms with Crippen LogP contribution in [0.2, 0.25) is 0 Å². The monoisotopic (exact) mass is 304 g/mol. The predicted octanol–water partition coefficient (Wildman–Crippen LogP) is 2.44. The summed E-state index contributed by atoms with van der Waals surface area (Å²) in [5, 5.41) is 0. The molecule has 0 bridgehead atoms. The van der Waals surface area contributed by atoms with Crippen molar-refractivity contribution in [1.82, 2.24) is 9.71 Å². The van der Waals surface area contributed by atoms with Crippen molar-refractivity contribution in [2.45, 2.75) is 25.5 Å². The molecular weight excluding hydrogens is 284 g/mol. The predicted molar refractivity (Wildman–Crippen MR) is 84.4 cm³/mol. The van der Waals surface area contributed by atoms with Crippen molar-refractivity contribution in [3.8, 4) is 0 Å². The van der Waals surface area contributed by atoms with E-state index in [2.05, 4.69) is 9.71 Å². The summed E-state index contributed by atoms with van der Waals surface area (Å²) in [5.74, 6) is 0.0279. The first-order chi connectivity index (χ1) is 10.1. The van der Waals surface area contributed by atoms with Crippen LogP contribution in [0.1, 0.15) is 23.1 Å². The molecule has 2 aromatic rings. The normalized spacial score (nSPS) is 11.5. The van der Waals surface area contributed by atoms with Gasteiger partial charge < -0.3 is 0 Å². The van der Waals surface area contributed by atoms with E-state index in [0.717, 1.165) is 29.5 Å². The van der Waals surface area contributed by atoms with E-state index in [9.17, 15) is 8.42 Å². The molecule has 5 heteroatoms. The first-order valence-electron chi connectivity index (χ1n) is 6.97. The summed E-state index contributed by atoms with van der Waals surface area (Å²) in [5.41, 5.74) is 3.05. The van der Waals surface area contributed by atoms with E-state index in [-0.39, 0.29) is 5.75 Å². The fraction of sp³-hybridized carbons (Fsp3) is 0.312. The molecule has 1 aromatic carbocycles. The van der Waals surface area contributed by atoms with Crippen LogP contribution in [0.15, 0.2) is 48.8 Å². The molecule has 0 spiro atoms. The van der Waals surface area contributed by atoms with Crippen LogP contribution in [0.25, 0.3) is 0 Å². The molecular formula is C16H20N2O2S. The molecule has 4 nitrogen and oxygen atoms in total. The summed E-state index contributed by atoms with van der Waals surface area (Å²) in [6.07, 6.45) is 5.12. The van der Waals surface area contributed by atoms with Gasteiger partial charge in [0.15, 0.2) is 0 Å². The van der Waals surface area contributed by atoms with Crippen molar-refractivity contribution in [3.05, 3.63) is 65.5 Å². The zero-order chi connectivity index (χ0) is 15.1. The molecule has 21 heavy (non-hydrogen) atoms. The quantitative estimate of drug-likeness (QED) is 0.799. The average Bonchev–Trinajstić information content (AvgIpc) is 2.47. The molecule has 0 saturated carbocycles. The molecule has 0 radical (unpaired) electrons. The lowest BCUT2D eigenvalue weighted by atomic mass is 10.2. The standard InChI is InChI=1S/C16H20N2O2S/c1-14-6-8-16(9-7-14)13-21(19,20)18-11-3-5-15-4-2-10-17-12-15/h2,4,6-10,12,18H,3,5,11,13H2,1H3. The molecule has 0 unspecified atom stereocenters. The Kier molecular flexibility index (Phi) is 5.47. The summed E-state index contributed by atoms with van der Waals surface area (Å²) in [7, 11) is -3.27. The highest BCUT2D eigenvalue weighted by atomic mass is 32.2. The summed E-state index contributed by atoms with van der Waals surface area (Å²) < 4.78 is 26.6. The Hall–Kier alpha value is -1.72. The molecule has 0 atom stereocenters. The van der Waals surface area contributed by atoms with E-state index in [1.54, 1.807) is 12.4 Å². The first kappa shape index (κ1) is 15.7. The largest absolute Gasteiger partial charge is 0.264 e. The third kappa shape index (κ3) is 5.65. The van der Waals surface area contributed by atoms with E-state index >= 15 is 0 Å². The molecule has 0 aliphatic carbocycles. The topological polar surface area (TPSA) is 59.1 Å². The number of pyridine rings is 1. The van der Waals surface area contributed by atoms with Gasteiger partial charge in [-0.1, -0.05) is 35.9 Å². The Bertz CT molecular complexity index is 652. The molecule has 1 aromatic heterocycles. The molecule has 0 fully saturated rings. The maximum absolute atomic E-state index is 12.0. The van der Waals surface area contributed by atoms with E-state index in [0.29, 0.717) is 6.54 Å². The lowest BCUT2D eigenvalue weighted by molar-refractivity contribution is 0.578. The van der Waals surface area contributed by atoms with Gasteiger partial charge in [-0.05, 0) is 37.0 Å². The van der Waals surface area contributed by atoms with E-state index < -0.39 is 10.0 Å². The number of hydrogen-bond acceptors (Lipinski definition) is 3. The fourth-order valence-electron chi connectivity index (χ4n) is 2.02. The Morgan fingerprint density at radius 2 is 1.86 bits per heavy atom. The summed E-state index contributed by atoms with van der Waals surface area (Å²) >= 11 is 0. The van der Waals surface area contributed by atoms with Crippen LogP contribution in [0.3, 0.4) is 0 Å². The van der Waals surface area contributed by atoms with Crippen LogP contribution < -0.4 is 4.72 Å². The number of benzene rings is 1. The molecule has 1 heterocycles. The summed E-state index contributed by atoms with van der Waals surface area (Å²) in [6, 6.07) is 11.4. The van der Waals surface area contributed by atoms with Gasteiger partial charge in [0.05, 0.1) is 5.75 Å². The van der Waals surface area contributed by atoms with Crippen LogP contribution in [0.4, 0.5) is 0 Å². The minimum absolute atomic E-state index is 0.0279. The van der Waals surface area contributed by atoms with Crippen molar-refractivity contribution >= 4 is 10.0 Å². The minimum Gasteiger partial charge on any atom is -0.264 e. The Labute approximate surface area is 126 Å². The second kappa shape index (κ2) is 7.33. The molecule has 112 valence electrons. The third-order valence-electron chi connectivity index (χ3n) is 3.16. The minimum atomic E-state index is -3.27. The highest BCUT2D eigenvalue weighted by molar-refractivity contribution is 7.88. The van der Waals surface area contributed by atoms with Crippen LogP contribution in [0.5, 0.6) is 0 Å². The van der Waals surface area contributed by atoms with Gasteiger partial charge in [-0.25, -0.2) is 13.1 Å². The zero-order valence-corrected chi connectivity index (χ0v) is 12.9. The van der Waals surface area contributed by atoms with E-state index in [4.69, 9.17) is 0 Å². The highest BCUT2D eigenvalue weighted by Gasteiger charge is 2.10. The van der Waals surface area contributed by atoms with Crippen LogP contribution in [0, 0.1) is 6.92 Å². The van der Waals surface area contributed by atoms with Gasteiger partial charge in [0.1, 0.15) is 0 Å². The molecule has 1 N–H and O–H groups in total. The lowest BCUT2D eigenvalue weighted by Crippen LogP contribution is -2.26. The second-order valence-corrected chi connectivity index (χ2v) is 6.91. The van der Waals surface area contributed by atoms with Gasteiger partial charge in [-0.15, -0.1) is 0 Å². The number of hydrogen-bond donors (Lipinski definition) is 1. The number of aryl methyl sites for hydroxylation is 2. The van der Waals surface area contributed by atoms with Crippen molar-refractivity contribution in [3.63, 3.8) is 0 Å². The van der Waals surface area contributed by atoms with Gasteiger partial charge in [0.25, 0.3) is 0 Å². The summed E-state index contributed by atoms with van der Waals surface area (Å²) in [4.78, 5) is 4.04. The van der Waals surface area contributed by atoms with Crippen molar-refractivity contribution in [2.75, 3.05) is 6.54 Å². The number of sulfonamides is 1. The molecule has 0 saturated heterocycles. The Balaban J connectivity index is 1.77. The average molecular weight is 304 g/mol. The lowest BCUT2D eigenvalue weighted by Gasteiger charge is -2.07. The Morgan fingerprint density at radius 3 is 2.52 bits per heavy atom. The van der Waals surface area contributed by atoms with Gasteiger partial charge in [-0.2, -0.15) is 0 Å². The van der Waals surface area contributed by atoms with Crippen LogP contribution >= 0.6 is 0 Å². The molecule has 0 amide bonds. The second-order valence-electron chi connectivity index (χ2n) is 5.10. The van der Waals surface area contributed by atoms with Crippen LogP contribution in [-0.4, -0.2) is 19.9 Å². The Morgan fingerprint density at radius 1 is 1.10 bits per heavy atom. The van der Waals surface area contributed by atoms with Crippen molar-refractivity contribution in [2.24, 2.45) is 0 Å². The maximum atomic E-state index is 12.0. The van der Waals surface area contributed by atoms with Crippen LogP contribution in [-0.2, 0) is 22.2 Å². The molecule has 0 aliphatic heterocycles. The maximum Gasteiger partial charge on any atom is 0.215 e.